The number of carbonyl (C=O) groups is 1. The van der Waals surface area contributed by atoms with E-state index in [4.69, 9.17) is 4.74 Å². The molecule has 0 heterocycles. The minimum Gasteiger partial charge on any atom is -0.489 e. The lowest BCUT2D eigenvalue weighted by molar-refractivity contribution is 0.102. The van der Waals surface area contributed by atoms with E-state index in [9.17, 15) is 4.79 Å². The quantitative estimate of drug-likeness (QED) is 0.372. The lowest BCUT2D eigenvalue weighted by Gasteiger charge is -2.09. The molecule has 0 aromatic heterocycles. The van der Waals surface area contributed by atoms with Crippen molar-refractivity contribution in [1.82, 2.24) is 0 Å². The Balaban J connectivity index is 2.09. The topological polar surface area (TPSA) is 38.3 Å². The van der Waals surface area contributed by atoms with Crippen LogP contribution in [0.1, 0.15) is 55.1 Å². The number of aryl methyl sites for hydroxylation is 1. The van der Waals surface area contributed by atoms with E-state index in [2.05, 4.69) is 38.2 Å². The first-order valence-electron chi connectivity index (χ1n) is 10.2. The number of allylic oxidation sites excluding steroid dienone is 4. The zero-order valence-corrected chi connectivity index (χ0v) is 17.9. The summed E-state index contributed by atoms with van der Waals surface area (Å²) < 4.78 is 5.69. The number of carbonyl (C=O) groups excluding carboxylic acids is 1. The summed E-state index contributed by atoms with van der Waals surface area (Å²) in [5, 5.41) is 2.96. The van der Waals surface area contributed by atoms with Gasteiger partial charge in [0.25, 0.3) is 5.91 Å². The molecule has 0 unspecified atom stereocenters. The summed E-state index contributed by atoms with van der Waals surface area (Å²) in [5.41, 5.74) is 4.84. The van der Waals surface area contributed by atoms with Crippen molar-refractivity contribution < 1.29 is 9.53 Å². The summed E-state index contributed by atoms with van der Waals surface area (Å²) in [4.78, 5) is 12.7. The van der Waals surface area contributed by atoms with E-state index >= 15 is 0 Å². The second kappa shape index (κ2) is 11.7. The van der Waals surface area contributed by atoms with E-state index < -0.39 is 0 Å². The van der Waals surface area contributed by atoms with E-state index in [-0.39, 0.29) is 5.91 Å². The summed E-state index contributed by atoms with van der Waals surface area (Å²) in [6, 6.07) is 13.2. The maximum absolute atomic E-state index is 12.7. The molecule has 1 amide bonds. The number of anilines is 1. The molecule has 0 saturated heterocycles. The van der Waals surface area contributed by atoms with Crippen LogP contribution in [0.15, 0.2) is 72.3 Å². The molecule has 2 aromatic carbocycles. The Morgan fingerprint density at radius 1 is 1.10 bits per heavy atom. The van der Waals surface area contributed by atoms with Gasteiger partial charge in [-0.05, 0) is 62.1 Å². The molecule has 0 fully saturated rings. The van der Waals surface area contributed by atoms with E-state index in [0.717, 1.165) is 29.7 Å². The van der Waals surface area contributed by atoms with Gasteiger partial charge in [-0.15, -0.1) is 0 Å². The highest BCUT2D eigenvalue weighted by Gasteiger charge is 2.08. The third kappa shape index (κ3) is 7.46. The predicted octanol–water partition coefficient (Wildman–Crippen LogP) is 6.96. The van der Waals surface area contributed by atoms with Crippen molar-refractivity contribution in [2.75, 3.05) is 11.9 Å². The number of rotatable bonds is 9. The Bertz CT molecular complexity index is 907. The van der Waals surface area contributed by atoms with Gasteiger partial charge >= 0.3 is 0 Å². The van der Waals surface area contributed by atoms with Crippen molar-refractivity contribution in [3.63, 3.8) is 0 Å². The van der Waals surface area contributed by atoms with Crippen molar-refractivity contribution in [3.05, 3.63) is 89.0 Å². The lowest BCUT2D eigenvalue weighted by Crippen LogP contribution is -2.12. The fourth-order valence-corrected chi connectivity index (χ4v) is 2.64. The fourth-order valence-electron chi connectivity index (χ4n) is 2.64. The van der Waals surface area contributed by atoms with Crippen LogP contribution in [-0.4, -0.2) is 12.5 Å². The number of ether oxygens (including phenoxy) is 1. The molecule has 3 heteroatoms. The van der Waals surface area contributed by atoms with Gasteiger partial charge in [0.05, 0.1) is 0 Å². The average molecular weight is 390 g/mol. The molecule has 0 bridgehead atoms. The summed E-state index contributed by atoms with van der Waals surface area (Å²) >= 11 is 0. The van der Waals surface area contributed by atoms with E-state index in [0.29, 0.717) is 17.9 Å². The van der Waals surface area contributed by atoms with Crippen LogP contribution in [0, 0.1) is 6.92 Å². The second-order valence-electron chi connectivity index (χ2n) is 6.97. The Kier molecular flexibility index (Phi) is 8.97. The molecule has 2 aromatic rings. The number of hydrogen-bond acceptors (Lipinski definition) is 2. The van der Waals surface area contributed by atoms with Gasteiger partial charge in [-0.3, -0.25) is 4.79 Å². The van der Waals surface area contributed by atoms with Crippen LogP contribution < -0.4 is 10.1 Å². The molecule has 3 nitrogen and oxygen atoms in total. The molecule has 0 aliphatic heterocycles. The molecule has 29 heavy (non-hydrogen) atoms. The Morgan fingerprint density at radius 2 is 1.93 bits per heavy atom. The van der Waals surface area contributed by atoms with E-state index in [1.165, 1.54) is 5.57 Å². The van der Waals surface area contributed by atoms with E-state index in [1.54, 1.807) is 0 Å². The van der Waals surface area contributed by atoms with Gasteiger partial charge in [-0.2, -0.15) is 0 Å². The first-order chi connectivity index (χ1) is 14.0. The van der Waals surface area contributed by atoms with E-state index in [1.807, 2.05) is 67.6 Å². The van der Waals surface area contributed by atoms with Crippen molar-refractivity contribution in [1.29, 1.82) is 0 Å². The maximum atomic E-state index is 12.7. The Labute approximate surface area is 174 Å². The minimum absolute atomic E-state index is 0.136. The average Bonchev–Trinajstić information content (AvgIpc) is 2.72. The third-order valence-electron chi connectivity index (χ3n) is 4.60. The van der Waals surface area contributed by atoms with Crippen LogP contribution in [-0.2, 0) is 0 Å². The molecule has 0 saturated carbocycles. The SMILES string of the molecule is CC/C=C/COc1cccc(NC(=O)c2ccc(C)c(/C=C\C=C(/C)CC)c2)c1. The smallest absolute Gasteiger partial charge is 0.255 e. The fraction of sp³-hybridized carbons (Fsp3) is 0.269. The van der Waals surface area contributed by atoms with Crippen LogP contribution in [0.2, 0.25) is 0 Å². The number of benzene rings is 2. The second-order valence-corrected chi connectivity index (χ2v) is 6.97. The molecule has 2 rings (SSSR count). The molecule has 0 aliphatic carbocycles. The van der Waals surface area contributed by atoms with Crippen molar-refractivity contribution in [2.45, 2.75) is 40.5 Å². The largest absolute Gasteiger partial charge is 0.489 e. The summed E-state index contributed by atoms with van der Waals surface area (Å²) in [5.74, 6) is 0.595. The van der Waals surface area contributed by atoms with Gasteiger partial charge in [-0.1, -0.05) is 61.9 Å². The molecule has 0 atom stereocenters. The standard InChI is InChI=1S/C26H31NO2/c1-5-7-8-17-29-25-14-10-13-24(19-25)27-26(28)23-16-15-21(4)22(18-23)12-9-11-20(3)6-2/h7-16,18-19H,5-6,17H2,1-4H3,(H,27,28)/b8-7+,12-9-,20-11+. The molecule has 0 spiro atoms. The number of hydrogen-bond donors (Lipinski definition) is 1. The first-order valence-corrected chi connectivity index (χ1v) is 10.2. The maximum Gasteiger partial charge on any atom is 0.255 e. The van der Waals surface area contributed by atoms with Crippen molar-refractivity contribution in [2.24, 2.45) is 0 Å². The molecule has 1 N–H and O–H groups in total. The van der Waals surface area contributed by atoms with Gasteiger partial charge in [-0.25, -0.2) is 0 Å². The Hall–Kier alpha value is -3.07. The summed E-state index contributed by atoms with van der Waals surface area (Å²) in [6.45, 7) is 8.90. The predicted molar refractivity (Wildman–Crippen MR) is 124 cm³/mol. The zero-order chi connectivity index (χ0) is 21.1. The van der Waals surface area contributed by atoms with Gasteiger partial charge in [0.2, 0.25) is 0 Å². The van der Waals surface area contributed by atoms with Crippen LogP contribution in [0.3, 0.4) is 0 Å². The molecular formula is C26H31NO2. The molecular weight excluding hydrogens is 358 g/mol. The number of nitrogens with one attached hydrogen (secondary N) is 1. The van der Waals surface area contributed by atoms with Gasteiger partial charge in [0.15, 0.2) is 0 Å². The normalized spacial score (nSPS) is 11.9. The van der Waals surface area contributed by atoms with Crippen molar-refractivity contribution in [3.8, 4) is 5.75 Å². The lowest BCUT2D eigenvalue weighted by atomic mass is 10.0. The monoisotopic (exact) mass is 389 g/mol. The van der Waals surface area contributed by atoms with Crippen molar-refractivity contribution >= 4 is 17.7 Å². The van der Waals surface area contributed by atoms with Crippen LogP contribution >= 0.6 is 0 Å². The summed E-state index contributed by atoms with van der Waals surface area (Å²) in [6.07, 6.45) is 12.3. The highest BCUT2D eigenvalue weighted by atomic mass is 16.5. The summed E-state index contributed by atoms with van der Waals surface area (Å²) in [7, 11) is 0. The molecule has 0 radical (unpaired) electrons. The van der Waals surface area contributed by atoms with Crippen LogP contribution in [0.25, 0.3) is 6.08 Å². The number of amides is 1. The molecule has 0 aliphatic rings. The highest BCUT2D eigenvalue weighted by molar-refractivity contribution is 6.04. The van der Waals surface area contributed by atoms with Gasteiger partial charge < -0.3 is 10.1 Å². The van der Waals surface area contributed by atoms with Crippen LogP contribution in [0.4, 0.5) is 5.69 Å². The minimum atomic E-state index is -0.136. The third-order valence-corrected chi connectivity index (χ3v) is 4.60. The Morgan fingerprint density at radius 3 is 2.69 bits per heavy atom. The van der Waals surface area contributed by atoms with Gasteiger partial charge in [0, 0.05) is 17.3 Å². The molecule has 152 valence electrons. The highest BCUT2D eigenvalue weighted by Crippen LogP contribution is 2.19. The first kappa shape index (κ1) is 22.2. The van der Waals surface area contributed by atoms with Gasteiger partial charge in [0.1, 0.15) is 12.4 Å². The van der Waals surface area contributed by atoms with Crippen LogP contribution in [0.5, 0.6) is 5.75 Å². The zero-order valence-electron chi connectivity index (χ0n) is 17.9.